The van der Waals surface area contributed by atoms with Crippen molar-refractivity contribution in [2.24, 2.45) is 11.8 Å². The molecule has 2 heteroatoms. The highest BCUT2D eigenvalue weighted by atomic mass is 16.5. The summed E-state index contributed by atoms with van der Waals surface area (Å²) in [6.07, 6.45) is 6.28. The van der Waals surface area contributed by atoms with Crippen LogP contribution in [0.2, 0.25) is 0 Å². The van der Waals surface area contributed by atoms with Crippen molar-refractivity contribution in [1.82, 2.24) is 5.32 Å². The van der Waals surface area contributed by atoms with E-state index < -0.39 is 0 Å². The molecule has 2 saturated heterocycles. The SMILES string of the molecule is CCCNC(C(C)C)C1CC2CCC1O2. The Morgan fingerprint density at radius 3 is 2.60 bits per heavy atom. The molecule has 2 aliphatic heterocycles. The minimum Gasteiger partial charge on any atom is -0.375 e. The van der Waals surface area contributed by atoms with Gasteiger partial charge in [0.05, 0.1) is 12.2 Å². The van der Waals surface area contributed by atoms with Gasteiger partial charge in [-0.15, -0.1) is 0 Å². The highest BCUT2D eigenvalue weighted by Crippen LogP contribution is 2.41. The lowest BCUT2D eigenvalue weighted by Crippen LogP contribution is -2.44. The van der Waals surface area contributed by atoms with Crippen LogP contribution in [0.3, 0.4) is 0 Å². The van der Waals surface area contributed by atoms with Gasteiger partial charge in [-0.2, -0.15) is 0 Å². The van der Waals surface area contributed by atoms with Crippen LogP contribution in [-0.2, 0) is 4.74 Å². The largest absolute Gasteiger partial charge is 0.375 e. The van der Waals surface area contributed by atoms with Gasteiger partial charge in [0.1, 0.15) is 0 Å². The summed E-state index contributed by atoms with van der Waals surface area (Å²) in [6.45, 7) is 8.05. The van der Waals surface area contributed by atoms with Gasteiger partial charge >= 0.3 is 0 Å². The quantitative estimate of drug-likeness (QED) is 0.754. The van der Waals surface area contributed by atoms with Crippen LogP contribution in [0.5, 0.6) is 0 Å². The molecule has 0 amide bonds. The number of rotatable bonds is 5. The lowest BCUT2D eigenvalue weighted by Gasteiger charge is -2.32. The molecule has 2 rings (SSSR count). The first-order chi connectivity index (χ1) is 7.22. The fourth-order valence-corrected chi connectivity index (χ4v) is 3.25. The Morgan fingerprint density at radius 1 is 1.33 bits per heavy atom. The van der Waals surface area contributed by atoms with Crippen molar-refractivity contribution < 1.29 is 4.74 Å². The van der Waals surface area contributed by atoms with E-state index in [4.69, 9.17) is 4.74 Å². The summed E-state index contributed by atoms with van der Waals surface area (Å²) in [6, 6.07) is 0.667. The topological polar surface area (TPSA) is 21.3 Å². The summed E-state index contributed by atoms with van der Waals surface area (Å²) in [5.74, 6) is 1.50. The van der Waals surface area contributed by atoms with Gasteiger partial charge in [0.25, 0.3) is 0 Å². The maximum atomic E-state index is 5.96. The summed E-state index contributed by atoms with van der Waals surface area (Å²) in [5, 5.41) is 3.72. The van der Waals surface area contributed by atoms with Crippen molar-refractivity contribution in [2.45, 2.75) is 64.7 Å². The van der Waals surface area contributed by atoms with Crippen molar-refractivity contribution in [2.75, 3.05) is 6.54 Å². The maximum absolute atomic E-state index is 5.96. The van der Waals surface area contributed by atoms with Gasteiger partial charge in [-0.1, -0.05) is 20.8 Å². The zero-order valence-corrected chi connectivity index (χ0v) is 10.3. The lowest BCUT2D eigenvalue weighted by molar-refractivity contribution is 0.0812. The Hall–Kier alpha value is -0.0800. The van der Waals surface area contributed by atoms with E-state index in [1.807, 2.05) is 0 Å². The van der Waals surface area contributed by atoms with Crippen molar-refractivity contribution in [3.63, 3.8) is 0 Å². The maximum Gasteiger partial charge on any atom is 0.0623 e. The zero-order valence-electron chi connectivity index (χ0n) is 10.3. The molecule has 1 N–H and O–H groups in total. The van der Waals surface area contributed by atoms with Gasteiger partial charge in [-0.3, -0.25) is 0 Å². The third kappa shape index (κ3) is 2.36. The standard InChI is InChI=1S/C13H25NO/c1-4-7-14-13(9(2)3)11-8-10-5-6-12(11)15-10/h9-14H,4-8H2,1-3H3. The molecule has 2 nitrogen and oxygen atoms in total. The molecule has 0 radical (unpaired) electrons. The van der Waals surface area contributed by atoms with Crippen LogP contribution in [-0.4, -0.2) is 24.8 Å². The van der Waals surface area contributed by atoms with E-state index in [2.05, 4.69) is 26.1 Å². The van der Waals surface area contributed by atoms with Crippen LogP contribution in [0, 0.1) is 11.8 Å². The molecule has 15 heavy (non-hydrogen) atoms. The van der Waals surface area contributed by atoms with Crippen LogP contribution >= 0.6 is 0 Å². The molecule has 0 aliphatic carbocycles. The Balaban J connectivity index is 1.92. The minimum absolute atomic E-state index is 0.562. The monoisotopic (exact) mass is 211 g/mol. The number of ether oxygens (including phenoxy) is 1. The normalized spacial score (nSPS) is 36.4. The van der Waals surface area contributed by atoms with Crippen LogP contribution in [0.1, 0.15) is 46.5 Å². The van der Waals surface area contributed by atoms with Crippen molar-refractivity contribution >= 4 is 0 Å². The van der Waals surface area contributed by atoms with E-state index in [0.29, 0.717) is 18.2 Å². The second-order valence-electron chi connectivity index (χ2n) is 5.50. The number of hydrogen-bond donors (Lipinski definition) is 1. The van der Waals surface area contributed by atoms with E-state index in [0.717, 1.165) is 18.4 Å². The second kappa shape index (κ2) is 4.84. The summed E-state index contributed by atoms with van der Waals surface area (Å²) < 4.78 is 5.96. The summed E-state index contributed by atoms with van der Waals surface area (Å²) in [7, 11) is 0. The third-order valence-corrected chi connectivity index (χ3v) is 3.96. The summed E-state index contributed by atoms with van der Waals surface area (Å²) in [5.41, 5.74) is 0. The predicted molar refractivity (Wildman–Crippen MR) is 62.9 cm³/mol. The van der Waals surface area contributed by atoms with E-state index in [-0.39, 0.29) is 0 Å². The summed E-state index contributed by atoms with van der Waals surface area (Å²) in [4.78, 5) is 0. The fourth-order valence-electron chi connectivity index (χ4n) is 3.25. The number of hydrogen-bond acceptors (Lipinski definition) is 2. The molecule has 4 atom stereocenters. The zero-order chi connectivity index (χ0) is 10.8. The Kier molecular flexibility index (Phi) is 3.68. The van der Waals surface area contributed by atoms with Gasteiger partial charge in [0, 0.05) is 12.0 Å². The molecule has 2 fully saturated rings. The summed E-state index contributed by atoms with van der Waals surface area (Å²) >= 11 is 0. The minimum atomic E-state index is 0.562. The van der Waals surface area contributed by atoms with Gasteiger partial charge in [-0.25, -0.2) is 0 Å². The highest BCUT2D eigenvalue weighted by molar-refractivity contribution is 4.96. The van der Waals surface area contributed by atoms with Crippen molar-refractivity contribution in [3.05, 3.63) is 0 Å². The van der Waals surface area contributed by atoms with Crippen LogP contribution in [0.15, 0.2) is 0 Å². The predicted octanol–water partition coefficient (Wildman–Crippen LogP) is 2.58. The van der Waals surface area contributed by atoms with E-state index in [1.54, 1.807) is 0 Å². The van der Waals surface area contributed by atoms with Gasteiger partial charge in [0.2, 0.25) is 0 Å². The molecule has 4 unspecified atom stereocenters. The number of nitrogens with one attached hydrogen (secondary N) is 1. The Bertz CT molecular complexity index is 205. The fraction of sp³-hybridized carbons (Fsp3) is 1.00. The van der Waals surface area contributed by atoms with E-state index in [1.165, 1.54) is 25.7 Å². The second-order valence-corrected chi connectivity index (χ2v) is 5.50. The molecule has 0 aromatic heterocycles. The van der Waals surface area contributed by atoms with Crippen LogP contribution < -0.4 is 5.32 Å². The molecule has 0 aromatic rings. The Morgan fingerprint density at radius 2 is 2.13 bits per heavy atom. The Labute approximate surface area is 93.8 Å². The van der Waals surface area contributed by atoms with Gasteiger partial charge in [-0.05, 0) is 38.1 Å². The number of fused-ring (bicyclic) bond motifs is 2. The first-order valence-electron chi connectivity index (χ1n) is 6.61. The molecule has 0 saturated carbocycles. The van der Waals surface area contributed by atoms with Gasteiger partial charge in [0.15, 0.2) is 0 Å². The molecular formula is C13H25NO. The molecular weight excluding hydrogens is 186 g/mol. The average molecular weight is 211 g/mol. The van der Waals surface area contributed by atoms with Crippen LogP contribution in [0.25, 0.3) is 0 Å². The molecule has 2 aliphatic rings. The lowest BCUT2D eigenvalue weighted by atomic mass is 9.79. The molecule has 2 bridgehead atoms. The smallest absolute Gasteiger partial charge is 0.0623 e. The molecule has 88 valence electrons. The highest BCUT2D eigenvalue weighted by Gasteiger charge is 2.44. The van der Waals surface area contributed by atoms with Crippen molar-refractivity contribution in [1.29, 1.82) is 0 Å². The third-order valence-electron chi connectivity index (χ3n) is 3.96. The molecule has 0 aromatic carbocycles. The average Bonchev–Trinajstić information content (AvgIpc) is 2.79. The molecule has 0 spiro atoms. The molecule has 2 heterocycles. The first-order valence-corrected chi connectivity index (χ1v) is 6.61. The first kappa shape index (κ1) is 11.4. The van der Waals surface area contributed by atoms with Gasteiger partial charge < -0.3 is 10.1 Å². The van der Waals surface area contributed by atoms with Crippen molar-refractivity contribution in [3.8, 4) is 0 Å². The van der Waals surface area contributed by atoms with E-state index in [9.17, 15) is 0 Å². The van der Waals surface area contributed by atoms with Crippen LogP contribution in [0.4, 0.5) is 0 Å². The van der Waals surface area contributed by atoms with E-state index >= 15 is 0 Å².